The number of hydrogen-bond donors (Lipinski definition) is 1. The minimum absolute atomic E-state index is 0.259. The molecule has 0 spiro atoms. The minimum atomic E-state index is -0.717. The largest absolute Gasteiger partial charge is 0.481 e. The van der Waals surface area contributed by atoms with E-state index >= 15 is 0 Å². The number of nitrogens with zero attached hydrogens (tertiary/aromatic N) is 1. The van der Waals surface area contributed by atoms with E-state index < -0.39 is 5.97 Å². The zero-order valence-electron chi connectivity index (χ0n) is 7.53. The second kappa shape index (κ2) is 3.58. The van der Waals surface area contributed by atoms with Gasteiger partial charge in [-0.25, -0.2) is 4.98 Å². The summed E-state index contributed by atoms with van der Waals surface area (Å²) < 4.78 is 0. The predicted molar refractivity (Wildman–Crippen MR) is 52.4 cm³/mol. The summed E-state index contributed by atoms with van der Waals surface area (Å²) in [5.74, 6) is -0.976. The summed E-state index contributed by atoms with van der Waals surface area (Å²) in [5, 5.41) is 9.36. The number of hydrogen-bond acceptors (Lipinski definition) is 2. The van der Waals surface area contributed by atoms with E-state index in [4.69, 9.17) is 16.7 Å². The van der Waals surface area contributed by atoms with Crippen LogP contribution in [0.15, 0.2) is 12.1 Å². The van der Waals surface area contributed by atoms with Gasteiger partial charge in [-0.1, -0.05) is 17.7 Å². The normalized spacial score (nSPS) is 20.2. The molecule has 1 heterocycles. The molecule has 0 unspecified atom stereocenters. The van der Waals surface area contributed by atoms with Gasteiger partial charge in [0.15, 0.2) is 0 Å². The molecule has 0 bridgehead atoms. The van der Waals surface area contributed by atoms with Crippen molar-refractivity contribution in [2.24, 2.45) is 5.92 Å². The zero-order chi connectivity index (χ0) is 10.1. The van der Waals surface area contributed by atoms with Gasteiger partial charge in [-0.2, -0.15) is 0 Å². The highest BCUT2D eigenvalue weighted by atomic mass is 35.5. The number of aromatic nitrogens is 1. The molecule has 0 aromatic carbocycles. The zero-order valence-corrected chi connectivity index (χ0v) is 8.29. The van der Waals surface area contributed by atoms with Crippen LogP contribution >= 0.6 is 11.6 Å². The van der Waals surface area contributed by atoms with Crippen LogP contribution in [0.3, 0.4) is 0 Å². The summed E-state index contributed by atoms with van der Waals surface area (Å²) in [7, 11) is 0. The Hall–Kier alpha value is -1.09. The number of fused-ring (bicyclic) bond motifs is 1. The Balaban J connectivity index is 2.27. The Kier molecular flexibility index (Phi) is 2.42. The standard InChI is InChI=1S/C10H10ClNO2/c11-9-4-2-6-5-7(10(13)14)1-3-8(6)12-9/h2,4,7H,1,3,5H2,(H,13,14)/t7-/m1/s1. The summed E-state index contributed by atoms with van der Waals surface area (Å²) in [6.45, 7) is 0. The Morgan fingerprint density at radius 3 is 3.07 bits per heavy atom. The quantitative estimate of drug-likeness (QED) is 0.723. The van der Waals surface area contributed by atoms with Crippen molar-refractivity contribution in [1.82, 2.24) is 4.98 Å². The third kappa shape index (κ3) is 1.73. The summed E-state index contributed by atoms with van der Waals surface area (Å²) in [6, 6.07) is 3.59. The van der Waals surface area contributed by atoms with Gasteiger partial charge in [-0.05, 0) is 30.9 Å². The van der Waals surface area contributed by atoms with Gasteiger partial charge in [0.25, 0.3) is 0 Å². The third-order valence-electron chi connectivity index (χ3n) is 2.58. The van der Waals surface area contributed by atoms with Crippen LogP contribution in [0.2, 0.25) is 5.15 Å². The van der Waals surface area contributed by atoms with Crippen molar-refractivity contribution in [3.8, 4) is 0 Å². The highest BCUT2D eigenvalue weighted by molar-refractivity contribution is 6.29. The first-order chi connectivity index (χ1) is 6.66. The van der Waals surface area contributed by atoms with Gasteiger partial charge in [-0.15, -0.1) is 0 Å². The molecule has 2 rings (SSSR count). The SMILES string of the molecule is O=C(O)[C@@H]1CCc2nc(Cl)ccc2C1. The van der Waals surface area contributed by atoms with Crippen molar-refractivity contribution in [1.29, 1.82) is 0 Å². The maximum absolute atomic E-state index is 10.8. The van der Waals surface area contributed by atoms with E-state index in [1.165, 1.54) is 0 Å². The summed E-state index contributed by atoms with van der Waals surface area (Å²) in [6.07, 6.45) is 1.96. The lowest BCUT2D eigenvalue weighted by molar-refractivity contribution is -0.142. The van der Waals surface area contributed by atoms with Crippen molar-refractivity contribution in [2.45, 2.75) is 19.3 Å². The van der Waals surface area contributed by atoms with Gasteiger partial charge in [0.05, 0.1) is 5.92 Å². The molecule has 0 fully saturated rings. The van der Waals surface area contributed by atoms with Crippen molar-refractivity contribution in [3.63, 3.8) is 0 Å². The van der Waals surface area contributed by atoms with Crippen LogP contribution in [0.1, 0.15) is 17.7 Å². The van der Waals surface area contributed by atoms with E-state index in [0.717, 1.165) is 11.3 Å². The van der Waals surface area contributed by atoms with Crippen LogP contribution in [-0.4, -0.2) is 16.1 Å². The molecule has 0 saturated carbocycles. The maximum atomic E-state index is 10.8. The number of rotatable bonds is 1. The fraction of sp³-hybridized carbons (Fsp3) is 0.400. The molecule has 0 amide bonds. The lowest BCUT2D eigenvalue weighted by Crippen LogP contribution is -2.22. The molecule has 0 saturated heterocycles. The van der Waals surface area contributed by atoms with Crippen LogP contribution in [0.25, 0.3) is 0 Å². The van der Waals surface area contributed by atoms with Crippen molar-refractivity contribution in [2.75, 3.05) is 0 Å². The lowest BCUT2D eigenvalue weighted by Gasteiger charge is -2.20. The number of aryl methyl sites for hydroxylation is 1. The van der Waals surface area contributed by atoms with Crippen LogP contribution in [0.4, 0.5) is 0 Å². The molecule has 74 valence electrons. The maximum Gasteiger partial charge on any atom is 0.306 e. The Morgan fingerprint density at radius 1 is 1.57 bits per heavy atom. The van der Waals surface area contributed by atoms with Gasteiger partial charge >= 0.3 is 5.97 Å². The van der Waals surface area contributed by atoms with Crippen molar-refractivity contribution < 1.29 is 9.90 Å². The molecule has 1 N–H and O–H groups in total. The number of carboxylic acids is 1. The van der Waals surface area contributed by atoms with E-state index in [1.807, 2.05) is 6.07 Å². The molecule has 1 aromatic rings. The second-order valence-corrected chi connectivity index (χ2v) is 3.91. The predicted octanol–water partition coefficient (Wildman–Crippen LogP) is 1.92. The van der Waals surface area contributed by atoms with Crippen LogP contribution < -0.4 is 0 Å². The highest BCUT2D eigenvalue weighted by Crippen LogP contribution is 2.25. The van der Waals surface area contributed by atoms with E-state index in [-0.39, 0.29) is 5.92 Å². The van der Waals surface area contributed by atoms with Crippen LogP contribution in [0, 0.1) is 5.92 Å². The molecule has 14 heavy (non-hydrogen) atoms. The molecular formula is C10H10ClNO2. The van der Waals surface area contributed by atoms with Crippen molar-refractivity contribution >= 4 is 17.6 Å². The van der Waals surface area contributed by atoms with Crippen LogP contribution in [0.5, 0.6) is 0 Å². The number of carboxylic acid groups (broad SMARTS) is 1. The van der Waals surface area contributed by atoms with E-state index in [0.29, 0.717) is 24.4 Å². The first-order valence-electron chi connectivity index (χ1n) is 4.54. The molecule has 3 nitrogen and oxygen atoms in total. The second-order valence-electron chi connectivity index (χ2n) is 3.52. The molecule has 1 aromatic heterocycles. The average molecular weight is 212 g/mol. The highest BCUT2D eigenvalue weighted by Gasteiger charge is 2.24. The number of aliphatic carboxylic acids is 1. The van der Waals surface area contributed by atoms with Gasteiger partial charge in [0.2, 0.25) is 0 Å². The third-order valence-corrected chi connectivity index (χ3v) is 2.79. The molecule has 1 aliphatic rings. The number of pyridine rings is 1. The van der Waals surface area contributed by atoms with Gasteiger partial charge in [0.1, 0.15) is 5.15 Å². The lowest BCUT2D eigenvalue weighted by atomic mass is 9.87. The topological polar surface area (TPSA) is 50.2 Å². The monoisotopic (exact) mass is 211 g/mol. The number of halogens is 1. The molecule has 0 aliphatic heterocycles. The average Bonchev–Trinajstić information content (AvgIpc) is 2.16. The van der Waals surface area contributed by atoms with Crippen molar-refractivity contribution in [3.05, 3.63) is 28.5 Å². The van der Waals surface area contributed by atoms with Gasteiger partial charge in [-0.3, -0.25) is 4.79 Å². The first-order valence-corrected chi connectivity index (χ1v) is 4.91. The van der Waals surface area contributed by atoms with E-state index in [2.05, 4.69) is 4.98 Å². The fourth-order valence-electron chi connectivity index (χ4n) is 1.80. The molecule has 1 atom stereocenters. The first kappa shape index (κ1) is 9.46. The Labute approximate surface area is 86.7 Å². The summed E-state index contributed by atoms with van der Waals surface area (Å²) in [5.41, 5.74) is 1.98. The van der Waals surface area contributed by atoms with E-state index in [9.17, 15) is 4.79 Å². The molecule has 0 radical (unpaired) electrons. The molecule has 4 heteroatoms. The minimum Gasteiger partial charge on any atom is -0.481 e. The smallest absolute Gasteiger partial charge is 0.306 e. The fourth-order valence-corrected chi connectivity index (χ4v) is 1.96. The molecular weight excluding hydrogens is 202 g/mol. The molecule has 1 aliphatic carbocycles. The van der Waals surface area contributed by atoms with E-state index in [1.54, 1.807) is 6.07 Å². The van der Waals surface area contributed by atoms with Gasteiger partial charge < -0.3 is 5.11 Å². The summed E-state index contributed by atoms with van der Waals surface area (Å²) >= 11 is 5.75. The summed E-state index contributed by atoms with van der Waals surface area (Å²) in [4.78, 5) is 15.0. The van der Waals surface area contributed by atoms with Gasteiger partial charge in [0, 0.05) is 5.69 Å². The Morgan fingerprint density at radius 2 is 2.36 bits per heavy atom. The Bertz CT molecular complexity index is 378. The number of carbonyl (C=O) groups is 1. The van der Waals surface area contributed by atoms with Crippen LogP contribution in [-0.2, 0) is 17.6 Å².